The number of aromatic nitrogens is 7. The number of carbonyl (C=O) groups excluding carboxylic acids is 1. The lowest BCUT2D eigenvalue weighted by Gasteiger charge is -2.25. The maximum absolute atomic E-state index is 12.8. The Balaban J connectivity index is 1.03. The number of hydrogen-bond donors (Lipinski definition) is 2. The maximum Gasteiger partial charge on any atom is 0.232 e. The number of amides is 1. The molecule has 0 saturated heterocycles. The van der Waals surface area contributed by atoms with E-state index in [1.165, 1.54) is 11.1 Å². The van der Waals surface area contributed by atoms with E-state index in [4.69, 9.17) is 9.40 Å². The summed E-state index contributed by atoms with van der Waals surface area (Å²) in [5.74, 6) is 1.32. The minimum Gasteiger partial charge on any atom is -0.424 e. The summed E-state index contributed by atoms with van der Waals surface area (Å²) in [5.41, 5.74) is 6.61. The summed E-state index contributed by atoms with van der Waals surface area (Å²) in [7, 11) is 0. The molecule has 7 rings (SSSR count). The van der Waals surface area contributed by atoms with Crippen molar-refractivity contribution in [1.82, 2.24) is 40.5 Å². The normalized spacial score (nSPS) is 18.7. The zero-order valence-corrected chi connectivity index (χ0v) is 19.6. The molecule has 0 radical (unpaired) electrons. The van der Waals surface area contributed by atoms with Crippen molar-refractivity contribution < 1.29 is 9.21 Å². The van der Waals surface area contributed by atoms with Gasteiger partial charge in [0.1, 0.15) is 6.42 Å². The molecule has 1 atom stereocenters. The van der Waals surface area contributed by atoms with Gasteiger partial charge >= 0.3 is 0 Å². The number of H-pyrrole nitrogens is 1. The van der Waals surface area contributed by atoms with Gasteiger partial charge in [-0.15, -0.1) is 15.3 Å². The molecule has 11 heteroatoms. The molecule has 1 aromatic carbocycles. The zero-order valence-electron chi connectivity index (χ0n) is 19.6. The second-order valence-electron chi connectivity index (χ2n) is 9.73. The lowest BCUT2D eigenvalue weighted by molar-refractivity contribution is -0.131. The van der Waals surface area contributed by atoms with Crippen LogP contribution in [0.5, 0.6) is 0 Å². The van der Waals surface area contributed by atoms with Gasteiger partial charge in [0.25, 0.3) is 0 Å². The summed E-state index contributed by atoms with van der Waals surface area (Å²) in [6.45, 7) is 1.07. The Kier molecular flexibility index (Phi) is 5.00. The van der Waals surface area contributed by atoms with E-state index in [0.29, 0.717) is 37.2 Å². The van der Waals surface area contributed by atoms with Crippen molar-refractivity contribution in [3.05, 3.63) is 76.0 Å². The van der Waals surface area contributed by atoms with Gasteiger partial charge in [0.2, 0.25) is 23.6 Å². The maximum atomic E-state index is 12.8. The Morgan fingerprint density at radius 2 is 1.97 bits per heavy atom. The number of rotatable bonds is 5. The Morgan fingerprint density at radius 1 is 1.11 bits per heavy atom. The van der Waals surface area contributed by atoms with Crippen LogP contribution in [-0.2, 0) is 43.4 Å². The van der Waals surface area contributed by atoms with Gasteiger partial charge in [0.15, 0.2) is 0 Å². The number of aryl methyl sites for hydroxylation is 1. The third-order valence-corrected chi connectivity index (χ3v) is 7.42. The number of fused-ring (bicyclic) bond motifs is 3. The van der Waals surface area contributed by atoms with E-state index in [9.17, 15) is 4.79 Å². The molecule has 1 aliphatic heterocycles. The van der Waals surface area contributed by atoms with Gasteiger partial charge in [-0.1, -0.05) is 29.5 Å². The summed E-state index contributed by atoms with van der Waals surface area (Å²) >= 11 is 0. The lowest BCUT2D eigenvalue weighted by Crippen LogP contribution is -2.37. The van der Waals surface area contributed by atoms with Crippen molar-refractivity contribution in [1.29, 1.82) is 0 Å². The predicted molar refractivity (Wildman–Crippen MR) is 127 cm³/mol. The molecule has 4 heterocycles. The molecule has 3 aliphatic rings. The molecule has 4 aromatic rings. The summed E-state index contributed by atoms with van der Waals surface area (Å²) < 4.78 is 5.97. The van der Waals surface area contributed by atoms with Crippen LogP contribution in [-0.4, -0.2) is 59.0 Å². The summed E-state index contributed by atoms with van der Waals surface area (Å²) in [6, 6.07) is 8.83. The number of benzene rings is 1. The first-order chi connectivity index (χ1) is 17.7. The highest BCUT2D eigenvalue weighted by Gasteiger charge is 2.32. The molecular formula is C25H25N9O2. The second-order valence-corrected chi connectivity index (χ2v) is 9.73. The van der Waals surface area contributed by atoms with Crippen LogP contribution >= 0.6 is 0 Å². The quantitative estimate of drug-likeness (QED) is 0.435. The molecular weight excluding hydrogens is 458 g/mol. The lowest BCUT2D eigenvalue weighted by atomic mass is 10.1. The van der Waals surface area contributed by atoms with E-state index in [1.54, 1.807) is 4.90 Å². The van der Waals surface area contributed by atoms with Crippen LogP contribution in [0.1, 0.15) is 57.9 Å². The summed E-state index contributed by atoms with van der Waals surface area (Å²) in [4.78, 5) is 24.0. The smallest absolute Gasteiger partial charge is 0.232 e. The molecule has 2 N–H and O–H groups in total. The highest BCUT2D eigenvalue weighted by atomic mass is 16.4. The first-order valence-electron chi connectivity index (χ1n) is 12.4. The Hall–Kier alpha value is -4.15. The Bertz CT molecular complexity index is 1420. The van der Waals surface area contributed by atoms with Gasteiger partial charge in [0.05, 0.1) is 29.5 Å². The molecule has 11 nitrogen and oxygen atoms in total. The minimum atomic E-state index is -0.0886. The SMILES string of the molecule is O=C(Cc1nnc([C@@H]2CCc3cnc(NC4Cc5ccccc5C4)nc32)o1)N1CCc2nn[nH]c2C1. The van der Waals surface area contributed by atoms with Crippen molar-refractivity contribution in [3.63, 3.8) is 0 Å². The monoisotopic (exact) mass is 483 g/mol. The van der Waals surface area contributed by atoms with Gasteiger partial charge < -0.3 is 14.6 Å². The predicted octanol–water partition coefficient (Wildman–Crippen LogP) is 1.76. The fourth-order valence-corrected chi connectivity index (χ4v) is 5.55. The van der Waals surface area contributed by atoms with Crippen LogP contribution in [0.4, 0.5) is 5.95 Å². The fraction of sp³-hybridized carbons (Fsp3) is 0.400. The topological polar surface area (TPSA) is 139 Å². The molecule has 1 amide bonds. The van der Waals surface area contributed by atoms with E-state index in [2.05, 4.69) is 60.2 Å². The number of anilines is 1. The van der Waals surface area contributed by atoms with Gasteiger partial charge in [0, 0.05) is 25.2 Å². The number of aromatic amines is 1. The first-order valence-corrected chi connectivity index (χ1v) is 12.4. The second kappa shape index (κ2) is 8.51. The van der Waals surface area contributed by atoms with E-state index >= 15 is 0 Å². The molecule has 0 saturated carbocycles. The van der Waals surface area contributed by atoms with Crippen molar-refractivity contribution in [2.75, 3.05) is 11.9 Å². The number of nitrogens with one attached hydrogen (secondary N) is 2. The van der Waals surface area contributed by atoms with Crippen molar-refractivity contribution >= 4 is 11.9 Å². The van der Waals surface area contributed by atoms with Crippen LogP contribution < -0.4 is 5.32 Å². The molecule has 0 bridgehead atoms. The van der Waals surface area contributed by atoms with E-state index < -0.39 is 0 Å². The number of hydrogen-bond acceptors (Lipinski definition) is 9. The molecule has 182 valence electrons. The summed E-state index contributed by atoms with van der Waals surface area (Å²) in [6.07, 6.45) is 6.30. The van der Waals surface area contributed by atoms with Crippen molar-refractivity contribution in [2.24, 2.45) is 0 Å². The highest BCUT2D eigenvalue weighted by Crippen LogP contribution is 2.36. The van der Waals surface area contributed by atoms with Gasteiger partial charge in [-0.3, -0.25) is 9.89 Å². The molecule has 0 fully saturated rings. The third kappa shape index (κ3) is 3.80. The summed E-state index contributed by atoms with van der Waals surface area (Å²) in [5, 5.41) is 22.7. The number of carbonyl (C=O) groups is 1. The zero-order chi connectivity index (χ0) is 24.1. The van der Waals surface area contributed by atoms with E-state index in [1.807, 2.05) is 6.20 Å². The van der Waals surface area contributed by atoms with Crippen LogP contribution in [0.15, 0.2) is 34.9 Å². The van der Waals surface area contributed by atoms with E-state index in [-0.39, 0.29) is 24.3 Å². The van der Waals surface area contributed by atoms with Gasteiger partial charge in [-0.05, 0) is 42.4 Å². The average molecular weight is 484 g/mol. The molecule has 2 aliphatic carbocycles. The first kappa shape index (κ1) is 21.2. The molecule has 0 unspecified atom stereocenters. The highest BCUT2D eigenvalue weighted by molar-refractivity contribution is 5.78. The van der Waals surface area contributed by atoms with Gasteiger partial charge in [-0.25, -0.2) is 9.97 Å². The van der Waals surface area contributed by atoms with Crippen LogP contribution in [0.25, 0.3) is 0 Å². The average Bonchev–Trinajstić information content (AvgIpc) is 3.68. The standard InChI is InChI=1S/C25H25N9O2/c35-22(34-8-7-19-20(13-34)30-33-29-19)11-21-31-32-24(36-21)18-6-5-16-12-26-25(28-23(16)18)27-17-9-14-3-1-2-4-15(14)10-17/h1-4,12,17-18H,5-11,13H2,(H,26,27,28)(H,29,30,33)/t18-/m1/s1. The Labute approximate surface area is 206 Å². The van der Waals surface area contributed by atoms with Crippen molar-refractivity contribution in [3.8, 4) is 0 Å². The van der Waals surface area contributed by atoms with Crippen molar-refractivity contribution in [2.45, 2.75) is 57.0 Å². The van der Waals surface area contributed by atoms with Gasteiger partial charge in [-0.2, -0.15) is 0 Å². The third-order valence-electron chi connectivity index (χ3n) is 7.42. The van der Waals surface area contributed by atoms with Crippen LogP contribution in [0.3, 0.4) is 0 Å². The largest absolute Gasteiger partial charge is 0.424 e. The molecule has 0 spiro atoms. The van der Waals surface area contributed by atoms with Crippen LogP contribution in [0, 0.1) is 0 Å². The van der Waals surface area contributed by atoms with Crippen LogP contribution in [0.2, 0.25) is 0 Å². The minimum absolute atomic E-state index is 0.0522. The molecule has 3 aromatic heterocycles. The fourth-order valence-electron chi connectivity index (χ4n) is 5.55. The van der Waals surface area contributed by atoms with E-state index in [0.717, 1.165) is 48.3 Å². The Morgan fingerprint density at radius 3 is 2.83 bits per heavy atom. The number of nitrogens with zero attached hydrogens (tertiary/aromatic N) is 7. The molecule has 36 heavy (non-hydrogen) atoms.